The maximum Gasteiger partial charge on any atom is 0.363 e. The summed E-state index contributed by atoms with van der Waals surface area (Å²) in [4.78, 5) is 20.0. The van der Waals surface area contributed by atoms with Crippen molar-refractivity contribution in [2.75, 3.05) is 0 Å². The van der Waals surface area contributed by atoms with Crippen LogP contribution >= 0.6 is 11.6 Å². The monoisotopic (exact) mass is 284 g/mol. The van der Waals surface area contributed by atoms with Crippen LogP contribution in [0.5, 0.6) is 0 Å². The SMILES string of the molecule is O=C1OC(c2ccc(Cl)cc2)=N/C1=C/c1cccnc1. The fraction of sp³-hybridized carbons (Fsp3) is 0. The first-order valence-electron chi connectivity index (χ1n) is 5.91. The van der Waals surface area contributed by atoms with E-state index in [1.165, 1.54) is 0 Å². The second-order valence-electron chi connectivity index (χ2n) is 4.13. The van der Waals surface area contributed by atoms with Crippen molar-refractivity contribution in [3.8, 4) is 0 Å². The fourth-order valence-corrected chi connectivity index (χ4v) is 1.87. The molecule has 2 heterocycles. The van der Waals surface area contributed by atoms with Crippen LogP contribution in [0.25, 0.3) is 6.08 Å². The molecule has 0 atom stereocenters. The van der Waals surface area contributed by atoms with Gasteiger partial charge in [-0.15, -0.1) is 0 Å². The summed E-state index contributed by atoms with van der Waals surface area (Å²) in [7, 11) is 0. The average Bonchev–Trinajstić information content (AvgIpc) is 2.82. The number of carbonyl (C=O) groups is 1. The highest BCUT2D eigenvalue weighted by Gasteiger charge is 2.23. The number of rotatable bonds is 2. The third-order valence-electron chi connectivity index (χ3n) is 2.70. The van der Waals surface area contributed by atoms with Crippen LogP contribution < -0.4 is 0 Å². The zero-order chi connectivity index (χ0) is 13.9. The molecule has 0 saturated heterocycles. The number of halogens is 1. The number of pyridine rings is 1. The van der Waals surface area contributed by atoms with Crippen molar-refractivity contribution in [1.82, 2.24) is 4.98 Å². The highest BCUT2D eigenvalue weighted by Crippen LogP contribution is 2.19. The van der Waals surface area contributed by atoms with Gasteiger partial charge in [0, 0.05) is 23.0 Å². The van der Waals surface area contributed by atoms with Crippen LogP contribution in [0.4, 0.5) is 0 Å². The lowest BCUT2D eigenvalue weighted by atomic mass is 10.2. The molecule has 2 aromatic rings. The van der Waals surface area contributed by atoms with Gasteiger partial charge in [-0.25, -0.2) is 9.79 Å². The molecule has 1 aromatic heterocycles. The fourth-order valence-electron chi connectivity index (χ4n) is 1.74. The maximum atomic E-state index is 11.8. The molecule has 0 N–H and O–H groups in total. The molecule has 0 aliphatic carbocycles. The molecule has 4 nitrogen and oxygen atoms in total. The predicted octanol–water partition coefficient (Wildman–Crippen LogP) is 3.08. The average molecular weight is 285 g/mol. The molecule has 98 valence electrons. The Kier molecular flexibility index (Phi) is 3.31. The van der Waals surface area contributed by atoms with Crippen LogP contribution in [0, 0.1) is 0 Å². The lowest BCUT2D eigenvalue weighted by Gasteiger charge is -1.98. The van der Waals surface area contributed by atoms with Gasteiger partial charge in [0.15, 0.2) is 5.70 Å². The summed E-state index contributed by atoms with van der Waals surface area (Å²) in [5.41, 5.74) is 1.75. The van der Waals surface area contributed by atoms with Crippen LogP contribution in [-0.4, -0.2) is 16.9 Å². The summed E-state index contributed by atoms with van der Waals surface area (Å²) in [6.45, 7) is 0. The van der Waals surface area contributed by atoms with Gasteiger partial charge in [-0.3, -0.25) is 4.98 Å². The summed E-state index contributed by atoms with van der Waals surface area (Å²) in [6.07, 6.45) is 4.95. The molecule has 3 rings (SSSR count). The molecule has 0 amide bonds. The number of carbonyl (C=O) groups excluding carboxylic acids is 1. The van der Waals surface area contributed by atoms with E-state index in [-0.39, 0.29) is 11.6 Å². The number of hydrogen-bond acceptors (Lipinski definition) is 4. The van der Waals surface area contributed by atoms with Crippen LogP contribution in [0.1, 0.15) is 11.1 Å². The second kappa shape index (κ2) is 5.27. The van der Waals surface area contributed by atoms with Crippen molar-refractivity contribution in [2.45, 2.75) is 0 Å². The van der Waals surface area contributed by atoms with E-state index >= 15 is 0 Å². The summed E-state index contributed by atoms with van der Waals surface area (Å²) in [6, 6.07) is 10.6. The Morgan fingerprint density at radius 2 is 1.95 bits per heavy atom. The number of nitrogens with zero attached hydrogens (tertiary/aromatic N) is 2. The third kappa shape index (κ3) is 2.60. The van der Waals surface area contributed by atoms with E-state index < -0.39 is 5.97 Å². The van der Waals surface area contributed by atoms with Gasteiger partial charge >= 0.3 is 5.97 Å². The molecule has 0 radical (unpaired) electrons. The quantitative estimate of drug-likeness (QED) is 0.629. The van der Waals surface area contributed by atoms with E-state index in [0.717, 1.165) is 5.56 Å². The summed E-state index contributed by atoms with van der Waals surface area (Å²) < 4.78 is 5.15. The number of aromatic nitrogens is 1. The lowest BCUT2D eigenvalue weighted by Crippen LogP contribution is -2.05. The number of aliphatic imine (C=N–C) groups is 1. The molecule has 0 unspecified atom stereocenters. The van der Waals surface area contributed by atoms with Gasteiger partial charge in [0.1, 0.15) is 0 Å². The zero-order valence-electron chi connectivity index (χ0n) is 10.3. The van der Waals surface area contributed by atoms with Gasteiger partial charge in [-0.2, -0.15) is 0 Å². The number of esters is 1. The maximum absolute atomic E-state index is 11.8. The normalized spacial score (nSPS) is 16.1. The molecule has 20 heavy (non-hydrogen) atoms. The Morgan fingerprint density at radius 1 is 1.15 bits per heavy atom. The second-order valence-corrected chi connectivity index (χ2v) is 4.57. The topological polar surface area (TPSA) is 51.5 Å². The highest BCUT2D eigenvalue weighted by molar-refractivity contribution is 6.30. The molecule has 5 heteroatoms. The Labute approximate surface area is 120 Å². The molecule has 0 spiro atoms. The van der Waals surface area contributed by atoms with E-state index in [1.54, 1.807) is 48.8 Å². The van der Waals surface area contributed by atoms with E-state index in [1.807, 2.05) is 6.07 Å². The van der Waals surface area contributed by atoms with Gasteiger partial charge in [0.25, 0.3) is 0 Å². The Morgan fingerprint density at radius 3 is 2.65 bits per heavy atom. The van der Waals surface area contributed by atoms with Crippen molar-refractivity contribution in [2.24, 2.45) is 4.99 Å². The van der Waals surface area contributed by atoms with Crippen molar-refractivity contribution in [3.05, 3.63) is 70.6 Å². The first kappa shape index (κ1) is 12.6. The third-order valence-corrected chi connectivity index (χ3v) is 2.95. The summed E-state index contributed by atoms with van der Waals surface area (Å²) >= 11 is 5.82. The molecule has 0 fully saturated rings. The first-order chi connectivity index (χ1) is 9.72. The van der Waals surface area contributed by atoms with Crippen LogP contribution in [0.15, 0.2) is 59.5 Å². The lowest BCUT2D eigenvalue weighted by molar-refractivity contribution is -0.129. The zero-order valence-corrected chi connectivity index (χ0v) is 11.0. The van der Waals surface area contributed by atoms with Crippen LogP contribution in [-0.2, 0) is 9.53 Å². The highest BCUT2D eigenvalue weighted by atomic mass is 35.5. The van der Waals surface area contributed by atoms with Crippen molar-refractivity contribution >= 4 is 29.5 Å². The van der Waals surface area contributed by atoms with E-state index in [4.69, 9.17) is 16.3 Å². The minimum absolute atomic E-state index is 0.253. The molecule has 1 aliphatic heterocycles. The smallest absolute Gasteiger partial charge is 0.363 e. The Balaban J connectivity index is 1.93. The molecule has 0 saturated carbocycles. The van der Waals surface area contributed by atoms with Crippen LogP contribution in [0.3, 0.4) is 0 Å². The number of hydrogen-bond donors (Lipinski definition) is 0. The van der Waals surface area contributed by atoms with Crippen molar-refractivity contribution in [1.29, 1.82) is 0 Å². The van der Waals surface area contributed by atoms with Gasteiger partial charge in [0.2, 0.25) is 5.90 Å². The number of cyclic esters (lactones) is 1. The van der Waals surface area contributed by atoms with E-state index in [2.05, 4.69) is 9.98 Å². The van der Waals surface area contributed by atoms with Gasteiger partial charge < -0.3 is 4.74 Å². The number of benzene rings is 1. The van der Waals surface area contributed by atoms with E-state index in [9.17, 15) is 4.79 Å². The first-order valence-corrected chi connectivity index (χ1v) is 6.29. The molecular formula is C15H9ClN2O2. The largest absolute Gasteiger partial charge is 0.402 e. The van der Waals surface area contributed by atoms with Gasteiger partial charge in [-0.1, -0.05) is 17.7 Å². The molecule has 1 aliphatic rings. The predicted molar refractivity (Wildman–Crippen MR) is 76.3 cm³/mol. The van der Waals surface area contributed by atoms with Crippen molar-refractivity contribution in [3.63, 3.8) is 0 Å². The van der Waals surface area contributed by atoms with Crippen molar-refractivity contribution < 1.29 is 9.53 Å². The minimum Gasteiger partial charge on any atom is -0.402 e. The minimum atomic E-state index is -0.473. The molecule has 0 bridgehead atoms. The van der Waals surface area contributed by atoms with Gasteiger partial charge in [0.05, 0.1) is 0 Å². The number of ether oxygens (including phenoxy) is 1. The Bertz CT molecular complexity index is 706. The van der Waals surface area contributed by atoms with Crippen LogP contribution in [0.2, 0.25) is 5.02 Å². The Hall–Kier alpha value is -2.46. The molecular weight excluding hydrogens is 276 g/mol. The van der Waals surface area contributed by atoms with E-state index in [0.29, 0.717) is 10.6 Å². The standard InChI is InChI=1S/C15H9ClN2O2/c16-12-5-3-11(4-6-12)14-18-13(15(19)20-14)8-10-2-1-7-17-9-10/h1-9H/b13-8+. The summed E-state index contributed by atoms with van der Waals surface area (Å²) in [5.74, 6) is -0.194. The molecule has 1 aromatic carbocycles. The van der Waals surface area contributed by atoms with Gasteiger partial charge in [-0.05, 0) is 42.0 Å². The summed E-state index contributed by atoms with van der Waals surface area (Å²) in [5, 5.41) is 0.616.